The minimum absolute atomic E-state index is 0.00150. The zero-order valence-corrected chi connectivity index (χ0v) is 12.9. The molecule has 0 aromatic heterocycles. The monoisotopic (exact) mass is 348 g/mol. The van der Waals surface area contributed by atoms with E-state index in [1.807, 2.05) is 0 Å². The molecule has 2 aromatic carbocycles. The molecule has 0 unspecified atom stereocenters. The molecular weight excluding hydrogens is 338 g/mol. The quantitative estimate of drug-likeness (QED) is 0.889. The average molecular weight is 349 g/mol. The van der Waals surface area contributed by atoms with Gasteiger partial charge < -0.3 is 5.73 Å². The number of rotatable bonds is 4. The van der Waals surface area contributed by atoms with Crippen molar-refractivity contribution in [1.82, 2.24) is 0 Å². The summed E-state index contributed by atoms with van der Waals surface area (Å²) in [6.45, 7) is 0.0929. The molecule has 0 spiro atoms. The van der Waals surface area contributed by atoms with Crippen LogP contribution in [0, 0.1) is 5.82 Å². The van der Waals surface area contributed by atoms with Crippen molar-refractivity contribution >= 4 is 38.9 Å². The minimum Gasteiger partial charge on any atom is -0.326 e. The molecule has 0 saturated heterocycles. The van der Waals surface area contributed by atoms with Gasteiger partial charge in [0.25, 0.3) is 10.0 Å². The van der Waals surface area contributed by atoms with Gasteiger partial charge in [0.1, 0.15) is 10.7 Å². The van der Waals surface area contributed by atoms with E-state index in [9.17, 15) is 12.8 Å². The van der Waals surface area contributed by atoms with Crippen LogP contribution in [0.2, 0.25) is 10.0 Å². The maximum Gasteiger partial charge on any atom is 0.264 e. The molecule has 0 saturated carbocycles. The van der Waals surface area contributed by atoms with Crippen molar-refractivity contribution < 1.29 is 12.8 Å². The van der Waals surface area contributed by atoms with E-state index in [-0.39, 0.29) is 22.3 Å². The largest absolute Gasteiger partial charge is 0.326 e. The van der Waals surface area contributed by atoms with Gasteiger partial charge >= 0.3 is 0 Å². The predicted molar refractivity (Wildman–Crippen MR) is 81.6 cm³/mol. The van der Waals surface area contributed by atoms with Crippen LogP contribution in [0.5, 0.6) is 0 Å². The number of hydrogen-bond acceptors (Lipinski definition) is 3. The summed E-state index contributed by atoms with van der Waals surface area (Å²) < 4.78 is 40.5. The second kappa shape index (κ2) is 6.19. The van der Waals surface area contributed by atoms with Gasteiger partial charge in [0.2, 0.25) is 0 Å². The normalized spacial score (nSPS) is 11.4. The van der Waals surface area contributed by atoms with Crippen LogP contribution in [-0.2, 0) is 16.6 Å². The highest BCUT2D eigenvalue weighted by molar-refractivity contribution is 7.92. The lowest BCUT2D eigenvalue weighted by atomic mass is 10.2. The average Bonchev–Trinajstić information content (AvgIpc) is 2.43. The van der Waals surface area contributed by atoms with E-state index < -0.39 is 20.7 Å². The Kier molecular flexibility index (Phi) is 4.73. The standard InChI is InChI=1S/C13H11Cl2FN2O2S/c14-9-2-1-3-10(15)13(9)18-21(19,20)12-6-8(7-17)4-5-11(12)16/h1-6,18H,7,17H2. The lowest BCUT2D eigenvalue weighted by molar-refractivity contribution is 0.569. The van der Waals surface area contributed by atoms with Gasteiger partial charge in [-0.15, -0.1) is 0 Å². The van der Waals surface area contributed by atoms with Gasteiger partial charge in [-0.05, 0) is 29.8 Å². The van der Waals surface area contributed by atoms with E-state index in [1.54, 1.807) is 6.07 Å². The fraction of sp³-hybridized carbons (Fsp3) is 0.0769. The number of hydrogen-bond donors (Lipinski definition) is 2. The highest BCUT2D eigenvalue weighted by Crippen LogP contribution is 2.32. The Bertz CT molecular complexity index is 761. The molecule has 0 amide bonds. The molecule has 0 fully saturated rings. The van der Waals surface area contributed by atoms with Crippen LogP contribution in [-0.4, -0.2) is 8.42 Å². The summed E-state index contributed by atoms with van der Waals surface area (Å²) in [6, 6.07) is 8.14. The van der Waals surface area contributed by atoms with Gasteiger partial charge in [-0.25, -0.2) is 12.8 Å². The van der Waals surface area contributed by atoms with E-state index in [4.69, 9.17) is 28.9 Å². The molecule has 8 heteroatoms. The molecule has 2 aromatic rings. The maximum absolute atomic E-state index is 13.8. The Hall–Kier alpha value is -1.34. The van der Waals surface area contributed by atoms with E-state index in [2.05, 4.69) is 4.72 Å². The molecule has 3 N–H and O–H groups in total. The fourth-order valence-electron chi connectivity index (χ4n) is 1.67. The van der Waals surface area contributed by atoms with Gasteiger partial charge in [-0.1, -0.05) is 35.3 Å². The van der Waals surface area contributed by atoms with Gasteiger partial charge in [0, 0.05) is 6.54 Å². The van der Waals surface area contributed by atoms with E-state index >= 15 is 0 Å². The lowest BCUT2D eigenvalue weighted by Crippen LogP contribution is -2.16. The fourth-order valence-corrected chi connectivity index (χ4v) is 3.50. The first-order valence-corrected chi connectivity index (χ1v) is 8.04. The van der Waals surface area contributed by atoms with E-state index in [1.165, 1.54) is 24.3 Å². The number of halogens is 3. The van der Waals surface area contributed by atoms with Crippen molar-refractivity contribution in [2.75, 3.05) is 4.72 Å². The van der Waals surface area contributed by atoms with Crippen LogP contribution >= 0.6 is 23.2 Å². The number of anilines is 1. The van der Waals surface area contributed by atoms with Crippen LogP contribution in [0.1, 0.15) is 5.56 Å². The van der Waals surface area contributed by atoms with Gasteiger partial charge in [0.15, 0.2) is 0 Å². The first-order valence-electron chi connectivity index (χ1n) is 5.80. The maximum atomic E-state index is 13.8. The van der Waals surface area contributed by atoms with Crippen LogP contribution in [0.3, 0.4) is 0 Å². The molecular formula is C13H11Cl2FN2O2S. The summed E-state index contributed by atoms with van der Waals surface area (Å²) in [5.41, 5.74) is 5.92. The molecule has 0 heterocycles. The molecule has 0 aliphatic carbocycles. The summed E-state index contributed by atoms with van der Waals surface area (Å²) in [6.07, 6.45) is 0. The van der Waals surface area contributed by atoms with Crippen molar-refractivity contribution in [1.29, 1.82) is 0 Å². The van der Waals surface area contributed by atoms with Crippen molar-refractivity contribution in [3.63, 3.8) is 0 Å². The van der Waals surface area contributed by atoms with Crippen molar-refractivity contribution in [2.24, 2.45) is 5.73 Å². The van der Waals surface area contributed by atoms with Gasteiger partial charge in [-0.3, -0.25) is 4.72 Å². The van der Waals surface area contributed by atoms with E-state index in [0.29, 0.717) is 5.56 Å². The van der Waals surface area contributed by atoms with Crippen LogP contribution in [0.15, 0.2) is 41.3 Å². The minimum atomic E-state index is -4.17. The second-order valence-electron chi connectivity index (χ2n) is 4.17. The molecule has 0 bridgehead atoms. The Labute approximate surface area is 131 Å². The summed E-state index contributed by atoms with van der Waals surface area (Å²) in [5, 5.41) is 0.225. The van der Waals surface area contributed by atoms with Crippen LogP contribution in [0.25, 0.3) is 0 Å². The first kappa shape index (κ1) is 16.0. The lowest BCUT2D eigenvalue weighted by Gasteiger charge is -2.12. The summed E-state index contributed by atoms with van der Waals surface area (Å²) in [7, 11) is -4.17. The highest BCUT2D eigenvalue weighted by atomic mass is 35.5. The Morgan fingerprint density at radius 3 is 2.33 bits per heavy atom. The summed E-state index contributed by atoms with van der Waals surface area (Å²) in [4.78, 5) is -0.513. The molecule has 0 aliphatic rings. The van der Waals surface area contributed by atoms with Crippen molar-refractivity contribution in [3.8, 4) is 0 Å². The van der Waals surface area contributed by atoms with Gasteiger partial charge in [0.05, 0.1) is 15.7 Å². The highest BCUT2D eigenvalue weighted by Gasteiger charge is 2.21. The van der Waals surface area contributed by atoms with Crippen molar-refractivity contribution in [2.45, 2.75) is 11.4 Å². The van der Waals surface area contributed by atoms with Gasteiger partial charge in [-0.2, -0.15) is 0 Å². The van der Waals surface area contributed by atoms with E-state index in [0.717, 1.165) is 6.07 Å². The molecule has 0 atom stereocenters. The molecule has 4 nitrogen and oxygen atoms in total. The Morgan fingerprint density at radius 2 is 1.76 bits per heavy atom. The molecule has 21 heavy (non-hydrogen) atoms. The third-order valence-electron chi connectivity index (χ3n) is 2.72. The number of para-hydroxylation sites is 1. The topological polar surface area (TPSA) is 72.2 Å². The second-order valence-corrected chi connectivity index (χ2v) is 6.64. The number of nitrogens with one attached hydrogen (secondary N) is 1. The zero-order valence-electron chi connectivity index (χ0n) is 10.6. The summed E-state index contributed by atoms with van der Waals surface area (Å²) >= 11 is 11.8. The SMILES string of the molecule is NCc1ccc(F)c(S(=O)(=O)Nc2c(Cl)cccc2Cl)c1. The van der Waals surface area contributed by atoms with Crippen LogP contribution in [0.4, 0.5) is 10.1 Å². The van der Waals surface area contributed by atoms with Crippen LogP contribution < -0.4 is 10.5 Å². The molecule has 112 valence electrons. The molecule has 2 rings (SSSR count). The smallest absolute Gasteiger partial charge is 0.264 e. The Morgan fingerprint density at radius 1 is 1.14 bits per heavy atom. The molecule has 0 radical (unpaired) electrons. The number of nitrogens with two attached hydrogens (primary N) is 1. The number of sulfonamides is 1. The Balaban J connectivity index is 2.48. The third kappa shape index (κ3) is 3.47. The predicted octanol–water partition coefficient (Wildman–Crippen LogP) is 3.39. The first-order chi connectivity index (χ1) is 9.85. The third-order valence-corrected chi connectivity index (χ3v) is 4.71. The van der Waals surface area contributed by atoms with Crippen molar-refractivity contribution in [3.05, 3.63) is 57.8 Å². The summed E-state index contributed by atoms with van der Waals surface area (Å²) in [5.74, 6) is -0.886. The zero-order chi connectivity index (χ0) is 15.6. The molecule has 0 aliphatic heterocycles. The number of benzene rings is 2.